The minimum atomic E-state index is -4.31. The number of thiophene rings is 1. The van der Waals surface area contributed by atoms with Crippen molar-refractivity contribution in [2.45, 2.75) is 11.4 Å². The van der Waals surface area contributed by atoms with Crippen LogP contribution in [-0.4, -0.2) is 24.4 Å². The van der Waals surface area contributed by atoms with E-state index in [1.54, 1.807) is 13.1 Å². The van der Waals surface area contributed by atoms with Crippen molar-refractivity contribution >= 4 is 21.4 Å². The van der Waals surface area contributed by atoms with Gasteiger partial charge in [0.15, 0.2) is 5.82 Å². The Hall–Kier alpha value is -2.61. The molecule has 0 amide bonds. The van der Waals surface area contributed by atoms with Crippen LogP contribution >= 0.6 is 11.3 Å². The molecule has 0 aliphatic rings. The van der Waals surface area contributed by atoms with Gasteiger partial charge in [0.25, 0.3) is 10.0 Å². The number of rotatable bonds is 5. The SMILES string of the molecule is CNCc1cn(S(=O)(=O)c2cscc2C#N)c(-c2cccnc2F)c1F. The van der Waals surface area contributed by atoms with Gasteiger partial charge in [0.1, 0.15) is 16.7 Å². The molecule has 0 aliphatic heterocycles. The van der Waals surface area contributed by atoms with Crippen LogP contribution in [0.5, 0.6) is 0 Å². The average molecular weight is 394 g/mol. The molecule has 0 aliphatic carbocycles. The van der Waals surface area contributed by atoms with Crippen molar-refractivity contribution in [2.24, 2.45) is 0 Å². The second-order valence-corrected chi connectivity index (χ2v) is 7.78. The Morgan fingerprint density at radius 2 is 2.15 bits per heavy atom. The van der Waals surface area contributed by atoms with E-state index in [1.807, 2.05) is 0 Å². The fourth-order valence-electron chi connectivity index (χ4n) is 2.49. The van der Waals surface area contributed by atoms with Gasteiger partial charge in [0.05, 0.1) is 11.1 Å². The van der Waals surface area contributed by atoms with E-state index in [4.69, 9.17) is 5.26 Å². The predicted molar refractivity (Wildman–Crippen MR) is 92.0 cm³/mol. The second-order valence-electron chi connectivity index (χ2n) is 5.25. The molecule has 26 heavy (non-hydrogen) atoms. The Kier molecular flexibility index (Phi) is 4.86. The highest BCUT2D eigenvalue weighted by Crippen LogP contribution is 2.33. The van der Waals surface area contributed by atoms with Gasteiger partial charge >= 0.3 is 0 Å². The average Bonchev–Trinajstić information content (AvgIpc) is 3.22. The first kappa shape index (κ1) is 18.2. The molecule has 3 heterocycles. The molecule has 134 valence electrons. The number of pyridine rings is 1. The maximum Gasteiger partial charge on any atom is 0.270 e. The Labute approximate surface area is 152 Å². The third-order valence-electron chi connectivity index (χ3n) is 3.65. The molecule has 0 aromatic carbocycles. The largest absolute Gasteiger partial charge is 0.316 e. The zero-order valence-electron chi connectivity index (χ0n) is 13.4. The van der Waals surface area contributed by atoms with Crippen LogP contribution < -0.4 is 5.32 Å². The van der Waals surface area contributed by atoms with Crippen LogP contribution in [0.4, 0.5) is 8.78 Å². The first-order valence-electron chi connectivity index (χ1n) is 7.29. The number of halogens is 2. The van der Waals surface area contributed by atoms with Crippen molar-refractivity contribution in [1.29, 1.82) is 5.26 Å². The summed E-state index contributed by atoms with van der Waals surface area (Å²) in [6.45, 7) is 0.0397. The van der Waals surface area contributed by atoms with E-state index in [2.05, 4.69) is 10.3 Å². The molecular formula is C16H12F2N4O2S2. The minimum Gasteiger partial charge on any atom is -0.316 e. The van der Waals surface area contributed by atoms with Crippen LogP contribution in [0.1, 0.15) is 11.1 Å². The van der Waals surface area contributed by atoms with Gasteiger partial charge in [-0.15, -0.1) is 11.3 Å². The van der Waals surface area contributed by atoms with Crippen molar-refractivity contribution in [3.8, 4) is 17.3 Å². The van der Waals surface area contributed by atoms with Gasteiger partial charge < -0.3 is 5.32 Å². The molecule has 0 atom stereocenters. The first-order chi connectivity index (χ1) is 12.4. The van der Waals surface area contributed by atoms with Crippen molar-refractivity contribution in [1.82, 2.24) is 14.3 Å². The van der Waals surface area contributed by atoms with Crippen molar-refractivity contribution in [3.63, 3.8) is 0 Å². The van der Waals surface area contributed by atoms with Gasteiger partial charge in [-0.05, 0) is 19.2 Å². The smallest absolute Gasteiger partial charge is 0.270 e. The zero-order valence-corrected chi connectivity index (χ0v) is 15.0. The van der Waals surface area contributed by atoms with Gasteiger partial charge in [-0.2, -0.15) is 9.65 Å². The second kappa shape index (κ2) is 6.95. The fourth-order valence-corrected chi connectivity index (χ4v) is 5.13. The van der Waals surface area contributed by atoms with E-state index in [1.165, 1.54) is 29.1 Å². The predicted octanol–water partition coefficient (Wildman–Crippen LogP) is 2.72. The Balaban J connectivity index is 2.33. The van der Waals surface area contributed by atoms with Gasteiger partial charge in [-0.1, -0.05) is 0 Å². The summed E-state index contributed by atoms with van der Waals surface area (Å²) < 4.78 is 55.8. The fraction of sp³-hybridized carbons (Fsp3) is 0.125. The van der Waals surface area contributed by atoms with Crippen molar-refractivity contribution in [2.75, 3.05) is 7.05 Å². The van der Waals surface area contributed by atoms with Gasteiger partial charge in [-0.3, -0.25) is 0 Å². The standard InChI is InChI=1S/C16H12F2N4O2S2/c1-20-6-11-7-22(26(23,24)13-9-25-8-10(13)5-19)15(14(11)17)12-3-2-4-21-16(12)18/h2-4,7-9,20H,6H2,1H3. The van der Waals surface area contributed by atoms with E-state index >= 15 is 0 Å². The number of hydrogen-bond acceptors (Lipinski definition) is 6. The summed E-state index contributed by atoms with van der Waals surface area (Å²) >= 11 is 1.03. The maximum absolute atomic E-state index is 14.9. The molecular weight excluding hydrogens is 382 g/mol. The normalized spacial score (nSPS) is 11.5. The van der Waals surface area contributed by atoms with E-state index in [0.717, 1.165) is 17.5 Å². The minimum absolute atomic E-state index is 0.0397. The van der Waals surface area contributed by atoms with Crippen LogP contribution in [0.2, 0.25) is 0 Å². The molecule has 10 heteroatoms. The summed E-state index contributed by atoms with van der Waals surface area (Å²) in [6, 6.07) is 4.42. The molecule has 0 unspecified atom stereocenters. The van der Waals surface area contributed by atoms with E-state index in [9.17, 15) is 17.2 Å². The Bertz CT molecular complexity index is 1110. The lowest BCUT2D eigenvalue weighted by molar-refractivity contribution is 0.575. The molecule has 3 aromatic heterocycles. The molecule has 6 nitrogen and oxygen atoms in total. The highest BCUT2D eigenvalue weighted by molar-refractivity contribution is 7.90. The number of nitriles is 1. The molecule has 1 N–H and O–H groups in total. The summed E-state index contributed by atoms with van der Waals surface area (Å²) in [5.74, 6) is -1.87. The highest BCUT2D eigenvalue weighted by Gasteiger charge is 2.30. The quantitative estimate of drug-likeness (QED) is 0.673. The van der Waals surface area contributed by atoms with Crippen LogP contribution in [-0.2, 0) is 16.6 Å². The van der Waals surface area contributed by atoms with E-state index in [-0.39, 0.29) is 28.1 Å². The molecule has 3 rings (SSSR count). The molecule has 0 saturated heterocycles. The molecule has 0 bridgehead atoms. The topological polar surface area (TPSA) is 87.8 Å². The lowest BCUT2D eigenvalue weighted by Crippen LogP contribution is -2.14. The summed E-state index contributed by atoms with van der Waals surface area (Å²) in [5, 5.41) is 14.5. The van der Waals surface area contributed by atoms with Crippen LogP contribution in [0.15, 0.2) is 40.2 Å². The lowest BCUT2D eigenvalue weighted by atomic mass is 10.2. The monoisotopic (exact) mass is 394 g/mol. The van der Waals surface area contributed by atoms with Gasteiger partial charge in [0.2, 0.25) is 5.95 Å². The van der Waals surface area contributed by atoms with Gasteiger partial charge in [0, 0.05) is 35.3 Å². The van der Waals surface area contributed by atoms with Crippen LogP contribution in [0, 0.1) is 23.1 Å². The third-order valence-corrected chi connectivity index (χ3v) is 6.24. The van der Waals surface area contributed by atoms with E-state index in [0.29, 0.717) is 3.97 Å². The summed E-state index contributed by atoms with van der Waals surface area (Å²) in [4.78, 5) is 3.20. The Morgan fingerprint density at radius 3 is 2.81 bits per heavy atom. The van der Waals surface area contributed by atoms with Crippen LogP contribution in [0.3, 0.4) is 0 Å². The highest BCUT2D eigenvalue weighted by atomic mass is 32.2. The summed E-state index contributed by atoms with van der Waals surface area (Å²) in [6.07, 6.45) is 2.27. The number of nitrogens with zero attached hydrogens (tertiary/aromatic N) is 3. The zero-order chi connectivity index (χ0) is 18.9. The number of aromatic nitrogens is 2. The number of nitrogens with one attached hydrogen (secondary N) is 1. The summed E-state index contributed by atoms with van der Waals surface area (Å²) in [7, 11) is -2.74. The third kappa shape index (κ3) is 2.90. The maximum atomic E-state index is 14.9. The lowest BCUT2D eigenvalue weighted by Gasteiger charge is -2.10. The van der Waals surface area contributed by atoms with Crippen molar-refractivity contribution < 1.29 is 17.2 Å². The molecule has 3 aromatic rings. The number of hydrogen-bond donors (Lipinski definition) is 1. The molecule has 0 fully saturated rings. The van der Waals surface area contributed by atoms with E-state index < -0.39 is 27.5 Å². The molecule has 0 saturated carbocycles. The molecule has 0 spiro atoms. The Morgan fingerprint density at radius 1 is 1.38 bits per heavy atom. The molecule has 0 radical (unpaired) electrons. The van der Waals surface area contributed by atoms with Crippen molar-refractivity contribution in [3.05, 3.63) is 58.2 Å². The summed E-state index contributed by atoms with van der Waals surface area (Å²) in [5.41, 5.74) is -0.763. The van der Waals surface area contributed by atoms with Crippen LogP contribution in [0.25, 0.3) is 11.3 Å². The van der Waals surface area contributed by atoms with Gasteiger partial charge in [-0.25, -0.2) is 21.8 Å². The first-order valence-corrected chi connectivity index (χ1v) is 9.67.